The van der Waals surface area contributed by atoms with Crippen LogP contribution in [-0.2, 0) is 13.1 Å². The van der Waals surface area contributed by atoms with Crippen LogP contribution in [0.15, 0.2) is 82.8 Å². The molecule has 2 aromatic carbocycles. The molecule has 2 aromatic heterocycles. The summed E-state index contributed by atoms with van der Waals surface area (Å²) >= 11 is 1.39. The average Bonchev–Trinajstić information content (AvgIpc) is 3.58. The largest absolute Gasteiger partial charge is 0.497 e. The van der Waals surface area contributed by atoms with E-state index in [2.05, 4.69) is 5.32 Å². The maximum absolute atomic E-state index is 13.5. The van der Waals surface area contributed by atoms with Crippen molar-refractivity contribution in [1.29, 1.82) is 0 Å². The molecule has 8 heteroatoms. The number of carbonyl (C=O) groups is 2. The summed E-state index contributed by atoms with van der Waals surface area (Å²) in [5.41, 5.74) is 3.06. The SMILES string of the molecule is COc1ccc(C(=O)N(Cc2ccco2)Cc2cc(NC(=O)c3cccs3)ccc2N(C)C)cc1. The van der Waals surface area contributed by atoms with E-state index in [4.69, 9.17) is 9.15 Å². The van der Waals surface area contributed by atoms with Gasteiger partial charge in [0, 0.05) is 37.6 Å². The number of amides is 2. The van der Waals surface area contributed by atoms with Crippen molar-refractivity contribution in [2.24, 2.45) is 0 Å². The zero-order valence-corrected chi connectivity index (χ0v) is 20.7. The Hall–Kier alpha value is -4.04. The van der Waals surface area contributed by atoms with Crippen LogP contribution in [0, 0.1) is 0 Å². The topological polar surface area (TPSA) is 75.0 Å². The monoisotopic (exact) mass is 489 g/mol. The molecule has 0 spiro atoms. The number of furan rings is 1. The van der Waals surface area contributed by atoms with E-state index in [1.807, 2.05) is 54.7 Å². The molecule has 0 saturated heterocycles. The summed E-state index contributed by atoms with van der Waals surface area (Å²) < 4.78 is 10.8. The Balaban J connectivity index is 1.64. The molecule has 4 rings (SSSR count). The van der Waals surface area contributed by atoms with Crippen molar-refractivity contribution in [3.63, 3.8) is 0 Å². The van der Waals surface area contributed by atoms with Gasteiger partial charge < -0.3 is 24.3 Å². The lowest BCUT2D eigenvalue weighted by Gasteiger charge is -2.26. The van der Waals surface area contributed by atoms with Crippen LogP contribution in [-0.4, -0.2) is 37.9 Å². The van der Waals surface area contributed by atoms with Crippen molar-refractivity contribution in [3.05, 3.63) is 100 Å². The van der Waals surface area contributed by atoms with Gasteiger partial charge in [-0.25, -0.2) is 0 Å². The third kappa shape index (κ3) is 5.91. The summed E-state index contributed by atoms with van der Waals surface area (Å²) in [4.78, 5) is 30.5. The fourth-order valence-corrected chi connectivity index (χ4v) is 4.36. The summed E-state index contributed by atoms with van der Waals surface area (Å²) in [5.74, 6) is 1.07. The Morgan fingerprint density at radius 2 is 1.80 bits per heavy atom. The minimum absolute atomic E-state index is 0.137. The Labute approximate surface area is 208 Å². The first-order chi connectivity index (χ1) is 16.9. The van der Waals surface area contributed by atoms with Gasteiger partial charge in [-0.3, -0.25) is 9.59 Å². The van der Waals surface area contributed by atoms with Crippen molar-refractivity contribution < 1.29 is 18.7 Å². The predicted molar refractivity (Wildman–Crippen MR) is 138 cm³/mol. The van der Waals surface area contributed by atoms with Gasteiger partial charge in [0.1, 0.15) is 11.5 Å². The number of nitrogens with zero attached hydrogens (tertiary/aromatic N) is 2. The van der Waals surface area contributed by atoms with Gasteiger partial charge in [-0.15, -0.1) is 11.3 Å². The Kier molecular flexibility index (Phi) is 7.52. The number of carbonyl (C=O) groups excluding carboxylic acids is 2. The summed E-state index contributed by atoms with van der Waals surface area (Å²) in [6.07, 6.45) is 1.59. The highest BCUT2D eigenvalue weighted by Crippen LogP contribution is 2.27. The zero-order chi connectivity index (χ0) is 24.8. The van der Waals surface area contributed by atoms with E-state index < -0.39 is 0 Å². The first-order valence-corrected chi connectivity index (χ1v) is 11.9. The second-order valence-electron chi connectivity index (χ2n) is 8.14. The molecule has 0 unspecified atom stereocenters. The number of anilines is 2. The van der Waals surface area contributed by atoms with E-state index in [-0.39, 0.29) is 11.8 Å². The van der Waals surface area contributed by atoms with Gasteiger partial charge in [-0.1, -0.05) is 6.07 Å². The maximum Gasteiger partial charge on any atom is 0.265 e. The molecule has 35 heavy (non-hydrogen) atoms. The number of hydrogen-bond acceptors (Lipinski definition) is 6. The summed E-state index contributed by atoms with van der Waals surface area (Å²) in [6, 6.07) is 20.0. The summed E-state index contributed by atoms with van der Waals surface area (Å²) in [6.45, 7) is 0.623. The lowest BCUT2D eigenvalue weighted by molar-refractivity contribution is 0.0717. The molecule has 0 bridgehead atoms. The van der Waals surface area contributed by atoms with Gasteiger partial charge in [0.15, 0.2) is 0 Å². The van der Waals surface area contributed by atoms with Crippen molar-refractivity contribution in [1.82, 2.24) is 4.90 Å². The van der Waals surface area contributed by atoms with Crippen LogP contribution in [0.3, 0.4) is 0 Å². The van der Waals surface area contributed by atoms with Crippen LogP contribution >= 0.6 is 11.3 Å². The predicted octanol–water partition coefficient (Wildman–Crippen LogP) is 5.51. The standard InChI is InChI=1S/C27H27N3O4S/c1-29(2)24-13-10-21(28-26(31)25-7-5-15-35-25)16-20(24)17-30(18-23-6-4-14-34-23)27(32)19-8-11-22(33-3)12-9-19/h4-16H,17-18H2,1-3H3,(H,28,31). The fraction of sp³-hybridized carbons (Fsp3) is 0.185. The molecule has 0 aliphatic rings. The molecule has 4 aromatic rings. The number of thiophene rings is 1. The molecule has 180 valence electrons. The van der Waals surface area contributed by atoms with Crippen LogP contribution < -0.4 is 15.0 Å². The molecular weight excluding hydrogens is 462 g/mol. The lowest BCUT2D eigenvalue weighted by atomic mass is 10.1. The second kappa shape index (κ2) is 10.9. The van der Waals surface area contributed by atoms with Crippen LogP contribution in [0.2, 0.25) is 0 Å². The molecule has 0 aliphatic carbocycles. The minimum Gasteiger partial charge on any atom is -0.497 e. The highest BCUT2D eigenvalue weighted by atomic mass is 32.1. The van der Waals surface area contributed by atoms with E-state index in [0.717, 1.165) is 11.3 Å². The number of ether oxygens (including phenoxy) is 1. The van der Waals surface area contributed by atoms with Crippen LogP contribution in [0.4, 0.5) is 11.4 Å². The Morgan fingerprint density at radius 1 is 1.00 bits per heavy atom. The van der Waals surface area contributed by atoms with Gasteiger partial charge in [-0.05, 0) is 71.6 Å². The van der Waals surface area contributed by atoms with Gasteiger partial charge in [0.05, 0.1) is 24.8 Å². The maximum atomic E-state index is 13.5. The van der Waals surface area contributed by atoms with Crippen molar-refractivity contribution in [3.8, 4) is 5.75 Å². The number of rotatable bonds is 9. The molecule has 2 amide bonds. The third-order valence-corrected chi connectivity index (χ3v) is 6.34. The summed E-state index contributed by atoms with van der Waals surface area (Å²) in [5, 5.41) is 4.83. The first-order valence-electron chi connectivity index (χ1n) is 11.1. The van der Waals surface area contributed by atoms with Gasteiger partial charge in [-0.2, -0.15) is 0 Å². The van der Waals surface area contributed by atoms with E-state index in [1.165, 1.54) is 11.3 Å². The van der Waals surface area contributed by atoms with E-state index in [1.54, 1.807) is 54.7 Å². The highest BCUT2D eigenvalue weighted by molar-refractivity contribution is 7.12. The lowest BCUT2D eigenvalue weighted by Crippen LogP contribution is -2.30. The molecule has 7 nitrogen and oxygen atoms in total. The number of nitrogens with one attached hydrogen (secondary N) is 1. The average molecular weight is 490 g/mol. The van der Waals surface area contributed by atoms with Crippen molar-refractivity contribution in [2.45, 2.75) is 13.1 Å². The number of methoxy groups -OCH3 is 1. The van der Waals surface area contributed by atoms with E-state index in [0.29, 0.717) is 40.7 Å². The molecular formula is C27H27N3O4S. The Bertz CT molecular complexity index is 1270. The number of hydrogen-bond donors (Lipinski definition) is 1. The van der Waals surface area contributed by atoms with Gasteiger partial charge in [0.2, 0.25) is 0 Å². The third-order valence-electron chi connectivity index (χ3n) is 5.48. The molecule has 1 N–H and O–H groups in total. The zero-order valence-electron chi connectivity index (χ0n) is 19.9. The molecule has 0 saturated carbocycles. The van der Waals surface area contributed by atoms with E-state index >= 15 is 0 Å². The van der Waals surface area contributed by atoms with Crippen LogP contribution in [0.25, 0.3) is 0 Å². The summed E-state index contributed by atoms with van der Waals surface area (Å²) in [7, 11) is 5.49. The number of benzene rings is 2. The Morgan fingerprint density at radius 3 is 2.43 bits per heavy atom. The smallest absolute Gasteiger partial charge is 0.265 e. The molecule has 2 heterocycles. The van der Waals surface area contributed by atoms with Gasteiger partial charge in [0.25, 0.3) is 11.8 Å². The highest BCUT2D eigenvalue weighted by Gasteiger charge is 2.20. The van der Waals surface area contributed by atoms with Crippen LogP contribution in [0.5, 0.6) is 5.75 Å². The van der Waals surface area contributed by atoms with E-state index in [9.17, 15) is 9.59 Å². The fourth-order valence-electron chi connectivity index (χ4n) is 3.74. The first kappa shape index (κ1) is 24.1. The molecule has 0 atom stereocenters. The van der Waals surface area contributed by atoms with Gasteiger partial charge >= 0.3 is 0 Å². The molecule has 0 fully saturated rings. The van der Waals surface area contributed by atoms with Crippen molar-refractivity contribution in [2.75, 3.05) is 31.4 Å². The normalized spacial score (nSPS) is 10.6. The van der Waals surface area contributed by atoms with Crippen molar-refractivity contribution >= 4 is 34.5 Å². The molecule has 0 aliphatic heterocycles. The second-order valence-corrected chi connectivity index (χ2v) is 9.09. The van der Waals surface area contributed by atoms with Crippen LogP contribution in [0.1, 0.15) is 31.4 Å². The minimum atomic E-state index is -0.162. The molecule has 0 radical (unpaired) electrons. The quantitative estimate of drug-likeness (QED) is 0.336.